The van der Waals surface area contributed by atoms with Crippen molar-refractivity contribution in [3.05, 3.63) is 30.0 Å². The quantitative estimate of drug-likeness (QED) is 0.763. The Bertz CT molecular complexity index is 564. The summed E-state index contributed by atoms with van der Waals surface area (Å²) in [5.41, 5.74) is 3.24. The third-order valence-corrected chi connectivity index (χ3v) is 3.13. The Morgan fingerprint density at radius 3 is 2.68 bits per heavy atom. The fraction of sp³-hybridized carbons (Fsp3) is 0.438. The van der Waals surface area contributed by atoms with Crippen LogP contribution in [0.1, 0.15) is 25.5 Å². The van der Waals surface area contributed by atoms with Gasteiger partial charge in [-0.15, -0.1) is 0 Å². The van der Waals surface area contributed by atoms with Crippen LogP contribution in [0.2, 0.25) is 0 Å². The molecule has 0 fully saturated rings. The molecule has 19 heavy (non-hydrogen) atoms. The summed E-state index contributed by atoms with van der Waals surface area (Å²) >= 11 is 0. The molecule has 3 heteroatoms. The molecule has 0 saturated heterocycles. The lowest BCUT2D eigenvalue weighted by Crippen LogP contribution is -2.10. The largest absolute Gasteiger partial charge is 0.494 e. The van der Waals surface area contributed by atoms with Crippen molar-refractivity contribution < 1.29 is 4.74 Å². The Kier molecular flexibility index (Phi) is 4.25. The number of fused-ring (bicyclic) bond motifs is 1. The highest BCUT2D eigenvalue weighted by molar-refractivity contribution is 5.92. The van der Waals surface area contributed by atoms with E-state index in [1.807, 2.05) is 19.1 Å². The van der Waals surface area contributed by atoms with Gasteiger partial charge in [-0.1, -0.05) is 13.3 Å². The molecule has 0 N–H and O–H groups in total. The zero-order chi connectivity index (χ0) is 13.8. The monoisotopic (exact) mass is 258 g/mol. The number of anilines is 1. The summed E-state index contributed by atoms with van der Waals surface area (Å²) in [6, 6.07) is 8.24. The number of hydrogen-bond donors (Lipinski definition) is 0. The standard InChI is InChI=1S/C16H22N2O/c1-5-6-9-19-13-7-8-15-14(11-13)16(18(3)4)10-12(2)17-15/h7-8,10-11H,5-6,9H2,1-4H3. The van der Waals surface area contributed by atoms with Crippen molar-refractivity contribution in [3.8, 4) is 5.75 Å². The number of hydrogen-bond acceptors (Lipinski definition) is 3. The molecule has 0 unspecified atom stereocenters. The zero-order valence-corrected chi connectivity index (χ0v) is 12.2. The van der Waals surface area contributed by atoms with Crippen LogP contribution in [0.25, 0.3) is 10.9 Å². The summed E-state index contributed by atoms with van der Waals surface area (Å²) < 4.78 is 5.77. The number of pyridine rings is 1. The van der Waals surface area contributed by atoms with Gasteiger partial charge in [0.1, 0.15) is 5.75 Å². The number of ether oxygens (including phenoxy) is 1. The molecule has 0 spiro atoms. The molecule has 1 aromatic heterocycles. The third kappa shape index (κ3) is 3.16. The van der Waals surface area contributed by atoms with Gasteiger partial charge in [0, 0.05) is 30.9 Å². The van der Waals surface area contributed by atoms with Gasteiger partial charge < -0.3 is 9.64 Å². The second kappa shape index (κ2) is 5.91. The van der Waals surface area contributed by atoms with E-state index in [0.29, 0.717) is 0 Å². The highest BCUT2D eigenvalue weighted by Crippen LogP contribution is 2.28. The summed E-state index contributed by atoms with van der Waals surface area (Å²) in [6.45, 7) is 4.97. The summed E-state index contributed by atoms with van der Waals surface area (Å²) in [4.78, 5) is 6.69. The van der Waals surface area contributed by atoms with Gasteiger partial charge in [-0.2, -0.15) is 0 Å². The fourth-order valence-corrected chi connectivity index (χ4v) is 2.11. The molecule has 0 saturated carbocycles. The second-order valence-corrected chi connectivity index (χ2v) is 5.06. The average molecular weight is 258 g/mol. The Labute approximate surface area is 115 Å². The molecule has 1 aromatic carbocycles. The topological polar surface area (TPSA) is 25.4 Å². The van der Waals surface area contributed by atoms with Crippen LogP contribution in [0.5, 0.6) is 5.75 Å². The van der Waals surface area contributed by atoms with E-state index in [-0.39, 0.29) is 0 Å². The van der Waals surface area contributed by atoms with E-state index in [2.05, 4.69) is 43.0 Å². The number of rotatable bonds is 5. The maximum atomic E-state index is 5.77. The van der Waals surface area contributed by atoms with E-state index in [9.17, 15) is 0 Å². The normalized spacial score (nSPS) is 10.7. The molecule has 0 radical (unpaired) electrons. The highest BCUT2D eigenvalue weighted by Gasteiger charge is 2.07. The molecule has 2 aromatic rings. The Balaban J connectivity index is 2.39. The molecule has 0 amide bonds. The highest BCUT2D eigenvalue weighted by atomic mass is 16.5. The summed E-state index contributed by atoms with van der Waals surface area (Å²) in [5.74, 6) is 0.926. The molecule has 1 heterocycles. The van der Waals surface area contributed by atoms with Crippen LogP contribution >= 0.6 is 0 Å². The van der Waals surface area contributed by atoms with Crippen molar-refractivity contribution in [1.29, 1.82) is 0 Å². The van der Waals surface area contributed by atoms with Crippen molar-refractivity contribution >= 4 is 16.6 Å². The predicted molar refractivity (Wildman–Crippen MR) is 81.2 cm³/mol. The first kappa shape index (κ1) is 13.7. The molecule has 2 rings (SSSR count). The minimum absolute atomic E-state index is 0.776. The van der Waals surface area contributed by atoms with Crippen LogP contribution in [0.4, 0.5) is 5.69 Å². The first-order chi connectivity index (χ1) is 9.11. The van der Waals surface area contributed by atoms with Crippen molar-refractivity contribution in [3.63, 3.8) is 0 Å². The molecule has 0 aliphatic rings. The molecule has 0 bridgehead atoms. The maximum absolute atomic E-state index is 5.77. The van der Waals surface area contributed by atoms with Gasteiger partial charge in [0.25, 0.3) is 0 Å². The zero-order valence-electron chi connectivity index (χ0n) is 12.2. The van der Waals surface area contributed by atoms with Crippen molar-refractivity contribution in [2.45, 2.75) is 26.7 Å². The Morgan fingerprint density at radius 2 is 2.00 bits per heavy atom. The molecule has 102 valence electrons. The Morgan fingerprint density at radius 1 is 1.21 bits per heavy atom. The van der Waals surface area contributed by atoms with Gasteiger partial charge >= 0.3 is 0 Å². The van der Waals surface area contributed by atoms with Crippen LogP contribution < -0.4 is 9.64 Å². The lowest BCUT2D eigenvalue weighted by atomic mass is 10.1. The van der Waals surface area contributed by atoms with E-state index >= 15 is 0 Å². The van der Waals surface area contributed by atoms with Crippen LogP contribution in [0.15, 0.2) is 24.3 Å². The van der Waals surface area contributed by atoms with Gasteiger partial charge in [-0.3, -0.25) is 4.98 Å². The van der Waals surface area contributed by atoms with E-state index in [1.54, 1.807) is 0 Å². The number of benzene rings is 1. The maximum Gasteiger partial charge on any atom is 0.120 e. The summed E-state index contributed by atoms with van der Waals surface area (Å²) in [7, 11) is 4.11. The van der Waals surface area contributed by atoms with Gasteiger partial charge in [0.15, 0.2) is 0 Å². The van der Waals surface area contributed by atoms with Gasteiger partial charge in [0.2, 0.25) is 0 Å². The van der Waals surface area contributed by atoms with E-state index in [0.717, 1.165) is 41.8 Å². The van der Waals surface area contributed by atoms with E-state index in [1.165, 1.54) is 5.69 Å². The number of nitrogens with zero attached hydrogens (tertiary/aromatic N) is 2. The van der Waals surface area contributed by atoms with Crippen LogP contribution in [0, 0.1) is 6.92 Å². The first-order valence-electron chi connectivity index (χ1n) is 6.83. The SMILES string of the molecule is CCCCOc1ccc2nc(C)cc(N(C)C)c2c1. The molecule has 3 nitrogen and oxygen atoms in total. The summed E-state index contributed by atoms with van der Waals surface area (Å²) in [5, 5.41) is 1.14. The molecular formula is C16H22N2O. The van der Waals surface area contributed by atoms with Gasteiger partial charge in [-0.05, 0) is 37.6 Å². The fourth-order valence-electron chi connectivity index (χ4n) is 2.11. The molecular weight excluding hydrogens is 236 g/mol. The van der Waals surface area contributed by atoms with E-state index < -0.39 is 0 Å². The first-order valence-corrected chi connectivity index (χ1v) is 6.83. The van der Waals surface area contributed by atoms with Crippen molar-refractivity contribution in [2.24, 2.45) is 0 Å². The molecule has 0 aliphatic heterocycles. The van der Waals surface area contributed by atoms with Crippen LogP contribution in [-0.2, 0) is 0 Å². The number of unbranched alkanes of at least 4 members (excludes halogenated alkanes) is 1. The predicted octanol–water partition coefficient (Wildman–Crippen LogP) is 3.79. The lowest BCUT2D eigenvalue weighted by molar-refractivity contribution is 0.310. The second-order valence-electron chi connectivity index (χ2n) is 5.06. The Hall–Kier alpha value is -1.77. The summed E-state index contributed by atoms with van der Waals surface area (Å²) in [6.07, 6.45) is 2.24. The van der Waals surface area contributed by atoms with Crippen LogP contribution in [0.3, 0.4) is 0 Å². The smallest absolute Gasteiger partial charge is 0.120 e. The average Bonchev–Trinajstić information content (AvgIpc) is 2.38. The van der Waals surface area contributed by atoms with E-state index in [4.69, 9.17) is 4.74 Å². The van der Waals surface area contributed by atoms with Crippen molar-refractivity contribution in [2.75, 3.05) is 25.6 Å². The van der Waals surface area contributed by atoms with Crippen LogP contribution in [-0.4, -0.2) is 25.7 Å². The van der Waals surface area contributed by atoms with Gasteiger partial charge in [0.05, 0.1) is 12.1 Å². The minimum Gasteiger partial charge on any atom is -0.494 e. The van der Waals surface area contributed by atoms with Gasteiger partial charge in [-0.25, -0.2) is 0 Å². The number of aryl methyl sites for hydroxylation is 1. The lowest BCUT2D eigenvalue weighted by Gasteiger charge is -2.17. The minimum atomic E-state index is 0.776. The van der Waals surface area contributed by atoms with Crippen molar-refractivity contribution in [1.82, 2.24) is 4.98 Å². The molecule has 0 atom stereocenters. The number of aromatic nitrogens is 1. The third-order valence-electron chi connectivity index (χ3n) is 3.13. The molecule has 0 aliphatic carbocycles.